The number of carbonyl (C=O) groups is 1. The van der Waals surface area contributed by atoms with Crippen molar-refractivity contribution >= 4 is 22.9 Å². The number of fused-ring (bicyclic) bond motifs is 1. The summed E-state index contributed by atoms with van der Waals surface area (Å²) in [6.07, 6.45) is 11.7. The molecule has 34 heavy (non-hydrogen) atoms. The number of H-pyrrole nitrogens is 1. The van der Waals surface area contributed by atoms with Gasteiger partial charge in [-0.25, -0.2) is 4.98 Å². The molecule has 5 heterocycles. The van der Waals surface area contributed by atoms with Gasteiger partial charge in [0.2, 0.25) is 0 Å². The first-order valence-corrected chi connectivity index (χ1v) is 12.1. The number of nitrogens with one attached hydrogen (secondary N) is 2. The van der Waals surface area contributed by atoms with Crippen molar-refractivity contribution in [3.05, 3.63) is 65.6 Å². The lowest BCUT2D eigenvalue weighted by Crippen LogP contribution is -2.27. The van der Waals surface area contributed by atoms with Gasteiger partial charge in [0.05, 0.1) is 34.6 Å². The second-order valence-electron chi connectivity index (χ2n) is 8.85. The number of aromatic nitrogens is 7. The number of nitrogens with zero attached hydrogens (tertiary/aromatic N) is 6. The average Bonchev–Trinajstić information content (AvgIpc) is 3.30. The van der Waals surface area contributed by atoms with Crippen molar-refractivity contribution in [2.45, 2.75) is 39.3 Å². The van der Waals surface area contributed by atoms with E-state index in [9.17, 15) is 4.79 Å². The van der Waals surface area contributed by atoms with Gasteiger partial charge in [0.25, 0.3) is 5.91 Å². The quantitative estimate of drug-likeness (QED) is 0.368. The van der Waals surface area contributed by atoms with Gasteiger partial charge in [-0.3, -0.25) is 13.9 Å². The number of carbonyl (C=O) groups excluding carboxylic acids is 1. The minimum absolute atomic E-state index is 0.195. The summed E-state index contributed by atoms with van der Waals surface area (Å²) >= 11 is 1.71. The van der Waals surface area contributed by atoms with E-state index >= 15 is 0 Å². The molecule has 9 nitrogen and oxygen atoms in total. The molecule has 1 fully saturated rings. The van der Waals surface area contributed by atoms with Crippen LogP contribution >= 0.6 is 11.3 Å². The fourth-order valence-corrected chi connectivity index (χ4v) is 5.00. The maximum absolute atomic E-state index is 13.3. The summed E-state index contributed by atoms with van der Waals surface area (Å²) in [5, 5.41) is 15.4. The third-order valence-corrected chi connectivity index (χ3v) is 7.16. The Balaban J connectivity index is 1.43. The van der Waals surface area contributed by atoms with Crippen molar-refractivity contribution in [2.75, 3.05) is 0 Å². The largest absolute Gasteiger partial charge is 0.342 e. The van der Waals surface area contributed by atoms with Crippen molar-refractivity contribution in [3.63, 3.8) is 0 Å². The Labute approximate surface area is 199 Å². The standard InChI is InChI=1S/C24H24N8OS/c1-14-3-6-21(34-14)20-9-25-23-19(18-8-28-31(11-18)10-16-4-5-16)7-17(12-32(20)23)24(33)29-15(2)22-26-13-27-30-22/h3,6-9,11-13,15-16H,4-5,10H2,1-2H3,(H,29,33)(H,26,27,30)/t15-/m0/s1. The highest BCUT2D eigenvalue weighted by Crippen LogP contribution is 2.34. The van der Waals surface area contributed by atoms with E-state index in [1.54, 1.807) is 11.3 Å². The highest BCUT2D eigenvalue weighted by Gasteiger charge is 2.23. The van der Waals surface area contributed by atoms with Gasteiger partial charge in [0.15, 0.2) is 5.82 Å². The Kier molecular flexibility index (Phi) is 5.02. The highest BCUT2D eigenvalue weighted by atomic mass is 32.1. The number of hydrogen-bond acceptors (Lipinski definition) is 6. The first-order valence-electron chi connectivity index (χ1n) is 11.3. The lowest BCUT2D eigenvalue weighted by atomic mass is 10.1. The predicted octanol–water partition coefficient (Wildman–Crippen LogP) is 4.25. The molecular formula is C24H24N8OS. The van der Waals surface area contributed by atoms with E-state index in [4.69, 9.17) is 4.98 Å². The van der Waals surface area contributed by atoms with Crippen LogP contribution in [0, 0.1) is 12.8 Å². The molecule has 0 saturated heterocycles. The molecule has 0 unspecified atom stereocenters. The molecule has 0 spiro atoms. The Morgan fingerprint density at radius 3 is 2.91 bits per heavy atom. The number of imidazole rings is 1. The number of aryl methyl sites for hydroxylation is 1. The van der Waals surface area contributed by atoms with E-state index in [0.29, 0.717) is 11.4 Å². The zero-order chi connectivity index (χ0) is 23.2. The number of thiophene rings is 1. The summed E-state index contributed by atoms with van der Waals surface area (Å²) in [5.74, 6) is 1.13. The highest BCUT2D eigenvalue weighted by molar-refractivity contribution is 7.15. The maximum atomic E-state index is 13.3. The van der Waals surface area contributed by atoms with Crippen molar-refractivity contribution in [1.82, 2.24) is 39.7 Å². The summed E-state index contributed by atoms with van der Waals surface area (Å²) < 4.78 is 4.00. The fraction of sp³-hybridized carbons (Fsp3) is 0.292. The van der Waals surface area contributed by atoms with Gasteiger partial charge >= 0.3 is 0 Å². The first-order chi connectivity index (χ1) is 16.5. The van der Waals surface area contributed by atoms with E-state index in [2.05, 4.69) is 50.9 Å². The summed E-state index contributed by atoms with van der Waals surface area (Å²) in [7, 11) is 0. The number of aromatic amines is 1. The molecule has 6 rings (SSSR count). The predicted molar refractivity (Wildman–Crippen MR) is 129 cm³/mol. The molecule has 2 N–H and O–H groups in total. The van der Waals surface area contributed by atoms with Gasteiger partial charge in [-0.1, -0.05) is 0 Å². The minimum atomic E-state index is -0.308. The third kappa shape index (κ3) is 3.90. The molecule has 1 aliphatic rings. The van der Waals surface area contributed by atoms with Gasteiger partial charge in [-0.2, -0.15) is 5.10 Å². The lowest BCUT2D eigenvalue weighted by Gasteiger charge is -2.13. The van der Waals surface area contributed by atoms with Crippen LogP contribution in [0.25, 0.3) is 27.3 Å². The lowest BCUT2D eigenvalue weighted by molar-refractivity contribution is 0.0938. The SMILES string of the molecule is Cc1ccc(-c2cnc3c(-c4cnn(CC5CC5)c4)cc(C(=O)N[C@@H](C)c4nnc[nH]4)cn23)s1. The third-order valence-electron chi connectivity index (χ3n) is 6.14. The Bertz CT molecular complexity index is 1470. The first kappa shape index (κ1) is 20.8. The van der Waals surface area contributed by atoms with Crippen LogP contribution in [0.5, 0.6) is 0 Å². The van der Waals surface area contributed by atoms with Crippen LogP contribution in [0.3, 0.4) is 0 Å². The van der Waals surface area contributed by atoms with Crippen molar-refractivity contribution < 1.29 is 4.79 Å². The van der Waals surface area contributed by atoms with Crippen LogP contribution < -0.4 is 5.32 Å². The molecule has 1 saturated carbocycles. The van der Waals surface area contributed by atoms with Gasteiger partial charge in [-0.15, -0.1) is 21.5 Å². The molecular weight excluding hydrogens is 448 g/mol. The molecule has 1 atom stereocenters. The second-order valence-corrected chi connectivity index (χ2v) is 10.1. The van der Waals surface area contributed by atoms with E-state index in [-0.39, 0.29) is 11.9 Å². The van der Waals surface area contributed by atoms with Crippen LogP contribution in [0.1, 0.15) is 46.9 Å². The summed E-state index contributed by atoms with van der Waals surface area (Å²) in [6, 6.07) is 5.78. The van der Waals surface area contributed by atoms with Crippen molar-refractivity contribution in [2.24, 2.45) is 5.92 Å². The molecule has 5 aromatic rings. The monoisotopic (exact) mass is 472 g/mol. The molecule has 10 heteroatoms. The zero-order valence-corrected chi connectivity index (χ0v) is 19.7. The van der Waals surface area contributed by atoms with E-state index < -0.39 is 0 Å². The molecule has 0 bridgehead atoms. The normalized spacial score (nSPS) is 14.5. The van der Waals surface area contributed by atoms with Crippen molar-refractivity contribution in [1.29, 1.82) is 0 Å². The Morgan fingerprint density at radius 2 is 2.18 bits per heavy atom. The molecule has 0 aromatic carbocycles. The summed E-state index contributed by atoms with van der Waals surface area (Å²) in [6.45, 7) is 4.89. The molecule has 172 valence electrons. The van der Waals surface area contributed by atoms with Crippen LogP contribution in [0.4, 0.5) is 0 Å². The summed E-state index contributed by atoms with van der Waals surface area (Å²) in [5.41, 5.74) is 4.12. The molecule has 1 amide bonds. The number of pyridine rings is 1. The van der Waals surface area contributed by atoms with E-state index in [1.165, 1.54) is 24.0 Å². The van der Waals surface area contributed by atoms with Crippen molar-refractivity contribution in [3.8, 4) is 21.7 Å². The second kappa shape index (κ2) is 8.21. The van der Waals surface area contributed by atoms with E-state index in [0.717, 1.165) is 39.8 Å². The Hall–Kier alpha value is -3.79. The van der Waals surface area contributed by atoms with E-state index in [1.807, 2.05) is 40.7 Å². The summed E-state index contributed by atoms with van der Waals surface area (Å²) in [4.78, 5) is 23.3. The molecule has 0 aliphatic heterocycles. The Morgan fingerprint density at radius 1 is 1.29 bits per heavy atom. The minimum Gasteiger partial charge on any atom is -0.342 e. The van der Waals surface area contributed by atoms with Crippen LogP contribution in [0.2, 0.25) is 0 Å². The number of hydrogen-bond donors (Lipinski definition) is 2. The maximum Gasteiger partial charge on any atom is 0.253 e. The topological polar surface area (TPSA) is 106 Å². The smallest absolute Gasteiger partial charge is 0.253 e. The van der Waals surface area contributed by atoms with Gasteiger partial charge in [0.1, 0.15) is 12.0 Å². The number of rotatable bonds is 7. The van der Waals surface area contributed by atoms with Gasteiger partial charge < -0.3 is 10.3 Å². The van der Waals surface area contributed by atoms with Crippen LogP contribution in [-0.2, 0) is 6.54 Å². The van der Waals surface area contributed by atoms with Crippen LogP contribution in [-0.4, -0.2) is 40.3 Å². The fourth-order valence-electron chi connectivity index (χ4n) is 4.12. The molecule has 5 aromatic heterocycles. The van der Waals surface area contributed by atoms with Crippen LogP contribution in [0.15, 0.2) is 49.3 Å². The number of amides is 1. The van der Waals surface area contributed by atoms with Gasteiger partial charge in [0, 0.05) is 34.9 Å². The molecule has 0 radical (unpaired) electrons. The zero-order valence-electron chi connectivity index (χ0n) is 18.9. The van der Waals surface area contributed by atoms with Gasteiger partial charge in [-0.05, 0) is 50.8 Å². The average molecular weight is 473 g/mol. The molecule has 1 aliphatic carbocycles.